The lowest BCUT2D eigenvalue weighted by molar-refractivity contribution is 0.627. The molecule has 0 aliphatic carbocycles. The Morgan fingerprint density at radius 3 is 2.78 bits per heavy atom. The molecule has 0 aliphatic heterocycles. The number of H-pyrrole nitrogens is 1. The Bertz CT molecular complexity index is 743. The predicted molar refractivity (Wildman–Crippen MR) is 65.0 cm³/mol. The summed E-state index contributed by atoms with van der Waals surface area (Å²) in [7, 11) is 0. The number of rotatable bonds is 2. The molecular formula is C13H10FN3O. The number of pyridine rings is 1. The highest BCUT2D eigenvalue weighted by Gasteiger charge is 2.05. The molecule has 5 heteroatoms. The monoisotopic (exact) mass is 243 g/mol. The molecule has 0 fully saturated rings. The minimum absolute atomic E-state index is 0.0630. The van der Waals surface area contributed by atoms with Crippen LogP contribution in [0.4, 0.5) is 4.39 Å². The lowest BCUT2D eigenvalue weighted by atomic mass is 10.1. The van der Waals surface area contributed by atoms with E-state index in [1.165, 1.54) is 24.3 Å². The smallest absolute Gasteiger partial charge is 0.183 e. The van der Waals surface area contributed by atoms with Gasteiger partial charge in [0.1, 0.15) is 17.3 Å². The average Bonchev–Trinajstić information content (AvgIpc) is 2.74. The Morgan fingerprint density at radius 1 is 1.22 bits per heavy atom. The van der Waals surface area contributed by atoms with Gasteiger partial charge in [0.05, 0.1) is 0 Å². The first kappa shape index (κ1) is 10.7. The van der Waals surface area contributed by atoms with Gasteiger partial charge in [-0.3, -0.25) is 14.3 Å². The van der Waals surface area contributed by atoms with Gasteiger partial charge in [0.15, 0.2) is 5.43 Å². The van der Waals surface area contributed by atoms with Crippen LogP contribution in [0.5, 0.6) is 0 Å². The van der Waals surface area contributed by atoms with Gasteiger partial charge in [-0.2, -0.15) is 5.10 Å². The number of halogens is 1. The summed E-state index contributed by atoms with van der Waals surface area (Å²) >= 11 is 0. The van der Waals surface area contributed by atoms with E-state index in [9.17, 15) is 9.18 Å². The summed E-state index contributed by atoms with van der Waals surface area (Å²) in [5, 5.41) is 6.96. The third-order valence-electron chi connectivity index (χ3n) is 2.78. The topological polar surface area (TPSA) is 50.2 Å². The van der Waals surface area contributed by atoms with Gasteiger partial charge in [-0.1, -0.05) is 12.1 Å². The number of benzene rings is 1. The van der Waals surface area contributed by atoms with Crippen molar-refractivity contribution in [1.82, 2.24) is 14.6 Å². The van der Waals surface area contributed by atoms with E-state index in [2.05, 4.69) is 10.2 Å². The van der Waals surface area contributed by atoms with Crippen molar-refractivity contribution in [3.8, 4) is 0 Å². The second-order valence-corrected chi connectivity index (χ2v) is 4.06. The van der Waals surface area contributed by atoms with E-state index >= 15 is 0 Å². The number of hydrogen-bond acceptors (Lipinski definition) is 2. The maximum absolute atomic E-state index is 12.8. The summed E-state index contributed by atoms with van der Waals surface area (Å²) < 4.78 is 14.6. The molecule has 2 aromatic heterocycles. The Labute approximate surface area is 102 Å². The first-order valence-corrected chi connectivity index (χ1v) is 5.52. The average molecular weight is 243 g/mol. The van der Waals surface area contributed by atoms with Crippen LogP contribution in [0, 0.1) is 5.82 Å². The van der Waals surface area contributed by atoms with Crippen LogP contribution in [0.2, 0.25) is 0 Å². The molecule has 3 aromatic rings. The van der Waals surface area contributed by atoms with Gasteiger partial charge in [-0.05, 0) is 17.7 Å². The van der Waals surface area contributed by atoms with E-state index in [1.807, 2.05) is 4.40 Å². The Hall–Kier alpha value is -2.43. The number of nitrogens with one attached hydrogen (secondary N) is 1. The van der Waals surface area contributed by atoms with Crippen LogP contribution in [0.1, 0.15) is 11.4 Å². The summed E-state index contributed by atoms with van der Waals surface area (Å²) in [6.07, 6.45) is 2.25. The molecule has 4 nitrogen and oxygen atoms in total. The van der Waals surface area contributed by atoms with Crippen LogP contribution >= 0.6 is 0 Å². The van der Waals surface area contributed by atoms with Gasteiger partial charge in [0.2, 0.25) is 0 Å². The van der Waals surface area contributed by atoms with Gasteiger partial charge in [0, 0.05) is 24.8 Å². The molecular weight excluding hydrogens is 233 g/mol. The fourth-order valence-corrected chi connectivity index (χ4v) is 1.88. The zero-order valence-electron chi connectivity index (χ0n) is 9.43. The van der Waals surface area contributed by atoms with E-state index in [4.69, 9.17) is 0 Å². The Morgan fingerprint density at radius 2 is 2.00 bits per heavy atom. The molecule has 1 aromatic carbocycles. The molecule has 90 valence electrons. The van der Waals surface area contributed by atoms with E-state index in [1.54, 1.807) is 18.3 Å². The minimum atomic E-state index is -0.255. The molecule has 18 heavy (non-hydrogen) atoms. The molecule has 0 saturated carbocycles. The molecule has 0 atom stereocenters. The lowest BCUT2D eigenvalue weighted by Gasteiger charge is -2.00. The third-order valence-corrected chi connectivity index (χ3v) is 2.78. The minimum Gasteiger partial charge on any atom is -0.290 e. The second kappa shape index (κ2) is 4.10. The van der Waals surface area contributed by atoms with Gasteiger partial charge in [-0.25, -0.2) is 4.39 Å². The van der Waals surface area contributed by atoms with Gasteiger partial charge in [0.25, 0.3) is 0 Å². The molecule has 3 rings (SSSR count). The van der Waals surface area contributed by atoms with Crippen molar-refractivity contribution in [3.63, 3.8) is 0 Å². The number of aromatic amines is 1. The summed E-state index contributed by atoms with van der Waals surface area (Å²) in [6.45, 7) is 0. The highest BCUT2D eigenvalue weighted by Crippen LogP contribution is 2.09. The van der Waals surface area contributed by atoms with E-state index < -0.39 is 0 Å². The zero-order chi connectivity index (χ0) is 12.5. The van der Waals surface area contributed by atoms with Crippen LogP contribution < -0.4 is 5.43 Å². The van der Waals surface area contributed by atoms with Crippen molar-refractivity contribution in [1.29, 1.82) is 0 Å². The molecule has 0 bridgehead atoms. The summed E-state index contributed by atoms with van der Waals surface area (Å²) in [6, 6.07) is 9.25. The van der Waals surface area contributed by atoms with Gasteiger partial charge >= 0.3 is 0 Å². The van der Waals surface area contributed by atoms with Crippen LogP contribution in [-0.4, -0.2) is 14.6 Å². The van der Waals surface area contributed by atoms with Crippen LogP contribution in [0.15, 0.2) is 47.4 Å². The largest absolute Gasteiger partial charge is 0.290 e. The molecule has 1 N–H and O–H groups in total. The Kier molecular flexibility index (Phi) is 2.44. The fourth-order valence-electron chi connectivity index (χ4n) is 1.88. The summed E-state index contributed by atoms with van der Waals surface area (Å²) in [5.41, 5.74) is 1.55. The van der Waals surface area contributed by atoms with Crippen molar-refractivity contribution >= 4 is 5.65 Å². The first-order chi connectivity index (χ1) is 8.72. The number of hydrogen-bond donors (Lipinski definition) is 1. The van der Waals surface area contributed by atoms with E-state index in [-0.39, 0.29) is 11.2 Å². The van der Waals surface area contributed by atoms with Crippen LogP contribution in [-0.2, 0) is 6.42 Å². The number of nitrogens with zero attached hydrogens (tertiary/aromatic N) is 2. The normalized spacial score (nSPS) is 10.9. The highest BCUT2D eigenvalue weighted by atomic mass is 19.1. The molecule has 2 heterocycles. The third kappa shape index (κ3) is 1.90. The molecule has 0 amide bonds. The quantitative estimate of drug-likeness (QED) is 0.745. The maximum Gasteiger partial charge on any atom is 0.183 e. The summed E-state index contributed by atoms with van der Waals surface area (Å²) in [4.78, 5) is 11.2. The number of fused-ring (bicyclic) bond motifs is 1. The molecule has 0 radical (unpaired) electrons. The Balaban J connectivity index is 2.00. The van der Waals surface area contributed by atoms with Crippen molar-refractivity contribution in [2.24, 2.45) is 0 Å². The van der Waals surface area contributed by atoms with Gasteiger partial charge < -0.3 is 0 Å². The van der Waals surface area contributed by atoms with Crippen LogP contribution in [0.3, 0.4) is 0 Å². The highest BCUT2D eigenvalue weighted by molar-refractivity contribution is 5.38. The van der Waals surface area contributed by atoms with Crippen molar-refractivity contribution < 1.29 is 4.39 Å². The molecule has 0 saturated heterocycles. The molecule has 0 unspecified atom stereocenters. The van der Waals surface area contributed by atoms with E-state index in [0.717, 1.165) is 11.4 Å². The predicted octanol–water partition coefficient (Wildman–Crippen LogP) is 1.75. The van der Waals surface area contributed by atoms with Gasteiger partial charge in [-0.15, -0.1) is 0 Å². The van der Waals surface area contributed by atoms with Crippen molar-refractivity contribution in [2.45, 2.75) is 6.42 Å². The fraction of sp³-hybridized carbons (Fsp3) is 0.0769. The second-order valence-electron chi connectivity index (χ2n) is 4.06. The zero-order valence-corrected chi connectivity index (χ0v) is 9.43. The molecule has 0 aliphatic rings. The summed E-state index contributed by atoms with van der Waals surface area (Å²) in [5.74, 6) is 0.519. The number of aromatic nitrogens is 3. The SMILES string of the molecule is O=c1ccn2c(Cc3ccc(F)cc3)n[nH]c2c1. The standard InChI is InChI=1S/C13H10FN3O/c14-10-3-1-9(2-4-10)7-12-15-16-13-8-11(18)5-6-17(12)13/h1-6,8,16H,7H2. The maximum atomic E-state index is 12.8. The van der Waals surface area contributed by atoms with Crippen molar-refractivity contribution in [2.75, 3.05) is 0 Å². The van der Waals surface area contributed by atoms with Crippen LogP contribution in [0.25, 0.3) is 5.65 Å². The van der Waals surface area contributed by atoms with Crippen molar-refractivity contribution in [3.05, 3.63) is 70.0 Å². The first-order valence-electron chi connectivity index (χ1n) is 5.52. The lowest BCUT2D eigenvalue weighted by Crippen LogP contribution is -2.01. The van der Waals surface area contributed by atoms with E-state index in [0.29, 0.717) is 12.1 Å². The molecule has 0 spiro atoms.